The van der Waals surface area contributed by atoms with E-state index in [4.69, 9.17) is 26.6 Å². The van der Waals surface area contributed by atoms with E-state index in [1.54, 1.807) is 0 Å². The van der Waals surface area contributed by atoms with Crippen LogP contribution in [0.5, 0.6) is 0 Å². The molecule has 0 spiro atoms. The van der Waals surface area contributed by atoms with Gasteiger partial charge in [0.1, 0.15) is 0 Å². The summed E-state index contributed by atoms with van der Waals surface area (Å²) in [4.78, 5) is 0. The fraction of sp³-hybridized carbons (Fsp3) is 0.538. The fourth-order valence-corrected chi connectivity index (χ4v) is 2.64. The standard InChI is InChI=1S/C13H18BBrClNO2/c1-12(2)13(3,4)19-14(18-12)11(17)9-7-8(16)5-6-10(9)15/h5-7,11H,17H2,1-4H3/t11-/m1/s1. The molecule has 1 heterocycles. The molecule has 1 saturated heterocycles. The van der Waals surface area contributed by atoms with E-state index in [-0.39, 0.29) is 11.2 Å². The van der Waals surface area contributed by atoms with Gasteiger partial charge < -0.3 is 15.0 Å². The van der Waals surface area contributed by atoms with Gasteiger partial charge in [-0.2, -0.15) is 0 Å². The van der Waals surface area contributed by atoms with Gasteiger partial charge in [-0.15, -0.1) is 0 Å². The monoisotopic (exact) mass is 345 g/mol. The van der Waals surface area contributed by atoms with Crippen molar-refractivity contribution in [2.24, 2.45) is 5.73 Å². The van der Waals surface area contributed by atoms with Crippen LogP contribution < -0.4 is 5.73 Å². The van der Waals surface area contributed by atoms with Crippen molar-refractivity contribution in [1.82, 2.24) is 0 Å². The molecule has 1 atom stereocenters. The normalized spacial score (nSPS) is 22.6. The molecule has 2 rings (SSSR count). The molecule has 0 aliphatic carbocycles. The zero-order valence-corrected chi connectivity index (χ0v) is 13.9. The zero-order chi connectivity index (χ0) is 14.4. The molecule has 104 valence electrons. The van der Waals surface area contributed by atoms with Gasteiger partial charge in [-0.3, -0.25) is 0 Å². The molecule has 0 radical (unpaired) electrons. The molecule has 0 unspecified atom stereocenters. The lowest BCUT2D eigenvalue weighted by Gasteiger charge is -2.32. The number of hydrogen-bond acceptors (Lipinski definition) is 3. The molecule has 0 aromatic heterocycles. The van der Waals surface area contributed by atoms with Crippen LogP contribution in [-0.2, 0) is 9.31 Å². The summed E-state index contributed by atoms with van der Waals surface area (Å²) in [6.45, 7) is 8.03. The lowest BCUT2D eigenvalue weighted by atomic mass is 9.75. The highest BCUT2D eigenvalue weighted by atomic mass is 79.9. The van der Waals surface area contributed by atoms with Crippen LogP contribution in [0.3, 0.4) is 0 Å². The van der Waals surface area contributed by atoms with E-state index in [0.717, 1.165) is 10.0 Å². The minimum absolute atomic E-state index is 0.389. The van der Waals surface area contributed by atoms with Crippen molar-refractivity contribution in [2.45, 2.75) is 44.8 Å². The van der Waals surface area contributed by atoms with Crippen molar-refractivity contribution < 1.29 is 9.31 Å². The predicted octanol–water partition coefficient (Wildman–Crippen LogP) is 3.73. The Kier molecular flexibility index (Phi) is 4.07. The maximum Gasteiger partial charge on any atom is 0.480 e. The van der Waals surface area contributed by atoms with Gasteiger partial charge >= 0.3 is 7.12 Å². The molecule has 0 amide bonds. The van der Waals surface area contributed by atoms with E-state index in [1.807, 2.05) is 45.9 Å². The number of nitrogens with two attached hydrogens (primary N) is 1. The van der Waals surface area contributed by atoms with Crippen LogP contribution in [0.15, 0.2) is 22.7 Å². The quantitative estimate of drug-likeness (QED) is 0.830. The first-order valence-corrected chi connectivity index (χ1v) is 7.37. The summed E-state index contributed by atoms with van der Waals surface area (Å²) in [5.41, 5.74) is 6.38. The van der Waals surface area contributed by atoms with E-state index in [1.165, 1.54) is 0 Å². The van der Waals surface area contributed by atoms with Crippen LogP contribution in [0.1, 0.15) is 39.2 Å². The highest BCUT2D eigenvalue weighted by Crippen LogP contribution is 2.40. The second-order valence-corrected chi connectivity index (χ2v) is 7.11. The van der Waals surface area contributed by atoms with E-state index in [2.05, 4.69) is 15.9 Å². The molecule has 6 heteroatoms. The summed E-state index contributed by atoms with van der Waals surface area (Å²) in [5, 5.41) is 0.644. The minimum Gasteiger partial charge on any atom is -0.402 e. The molecule has 0 bridgehead atoms. The SMILES string of the molecule is CC1(C)OB([C@H](N)c2cc(Cl)ccc2Br)OC1(C)C. The summed E-state index contributed by atoms with van der Waals surface area (Å²) in [6.07, 6.45) is 0. The lowest BCUT2D eigenvalue weighted by molar-refractivity contribution is 0.00578. The summed E-state index contributed by atoms with van der Waals surface area (Å²) in [7, 11) is -0.486. The average molecular weight is 346 g/mol. The van der Waals surface area contributed by atoms with Crippen LogP contribution >= 0.6 is 27.5 Å². The third kappa shape index (κ3) is 2.86. The average Bonchev–Trinajstić information content (AvgIpc) is 2.51. The second-order valence-electron chi connectivity index (χ2n) is 5.82. The molecule has 0 saturated carbocycles. The fourth-order valence-electron chi connectivity index (χ4n) is 1.95. The van der Waals surface area contributed by atoms with Crippen LogP contribution in [0, 0.1) is 0 Å². The maximum atomic E-state index is 6.27. The van der Waals surface area contributed by atoms with Crippen LogP contribution in [0.2, 0.25) is 5.02 Å². The highest BCUT2D eigenvalue weighted by molar-refractivity contribution is 9.10. The van der Waals surface area contributed by atoms with Gasteiger partial charge in [0.25, 0.3) is 0 Å². The van der Waals surface area contributed by atoms with Gasteiger partial charge in [-0.1, -0.05) is 27.5 Å². The van der Waals surface area contributed by atoms with Crippen LogP contribution in [0.4, 0.5) is 0 Å². The predicted molar refractivity (Wildman–Crippen MR) is 82.2 cm³/mol. The van der Waals surface area contributed by atoms with Crippen molar-refractivity contribution in [3.8, 4) is 0 Å². The molecule has 1 aliphatic heterocycles. The Morgan fingerprint density at radius 3 is 2.26 bits per heavy atom. The second kappa shape index (κ2) is 5.04. The molecular formula is C13H18BBrClNO2. The molecule has 3 nitrogen and oxygen atoms in total. The molecule has 1 aromatic rings. The summed E-state index contributed by atoms with van der Waals surface area (Å²) >= 11 is 9.51. The highest BCUT2D eigenvalue weighted by Gasteiger charge is 2.53. The smallest absolute Gasteiger partial charge is 0.402 e. The van der Waals surface area contributed by atoms with Gasteiger partial charge in [0.15, 0.2) is 0 Å². The summed E-state index contributed by atoms with van der Waals surface area (Å²) in [5.74, 6) is -0.394. The first kappa shape index (κ1) is 15.3. The lowest BCUT2D eigenvalue weighted by Crippen LogP contribution is -2.41. The van der Waals surface area contributed by atoms with Crippen molar-refractivity contribution >= 4 is 34.6 Å². The van der Waals surface area contributed by atoms with E-state index >= 15 is 0 Å². The number of hydrogen-bond donors (Lipinski definition) is 1. The Hall–Kier alpha value is -0.0651. The minimum atomic E-state index is -0.486. The largest absolute Gasteiger partial charge is 0.480 e. The summed E-state index contributed by atoms with van der Waals surface area (Å²) < 4.78 is 12.8. The maximum absolute atomic E-state index is 6.27. The van der Waals surface area contributed by atoms with Gasteiger partial charge in [-0.25, -0.2) is 0 Å². The Morgan fingerprint density at radius 1 is 1.21 bits per heavy atom. The van der Waals surface area contributed by atoms with Gasteiger partial charge in [0.05, 0.1) is 17.1 Å². The number of halogens is 2. The number of rotatable bonds is 2. The Morgan fingerprint density at radius 2 is 1.74 bits per heavy atom. The number of benzene rings is 1. The molecule has 1 aromatic carbocycles. The molecule has 1 fully saturated rings. The molecule has 1 aliphatic rings. The van der Waals surface area contributed by atoms with Crippen LogP contribution in [-0.4, -0.2) is 18.3 Å². The molecule has 19 heavy (non-hydrogen) atoms. The van der Waals surface area contributed by atoms with Crippen molar-refractivity contribution in [3.63, 3.8) is 0 Å². The van der Waals surface area contributed by atoms with Crippen molar-refractivity contribution in [3.05, 3.63) is 33.3 Å². The van der Waals surface area contributed by atoms with E-state index in [0.29, 0.717) is 5.02 Å². The third-order valence-corrected chi connectivity index (χ3v) is 4.84. The molecular weight excluding hydrogens is 328 g/mol. The van der Waals surface area contributed by atoms with Gasteiger partial charge in [0.2, 0.25) is 0 Å². The Bertz CT molecular complexity index is 480. The topological polar surface area (TPSA) is 44.5 Å². The zero-order valence-electron chi connectivity index (χ0n) is 11.5. The Balaban J connectivity index is 2.27. The van der Waals surface area contributed by atoms with Crippen molar-refractivity contribution in [1.29, 1.82) is 0 Å². The first-order chi connectivity index (χ1) is 8.64. The molecule has 2 N–H and O–H groups in total. The summed E-state index contributed by atoms with van der Waals surface area (Å²) in [6, 6.07) is 5.52. The Labute approximate surface area is 128 Å². The first-order valence-electron chi connectivity index (χ1n) is 6.20. The third-order valence-electron chi connectivity index (χ3n) is 3.88. The van der Waals surface area contributed by atoms with Gasteiger partial charge in [0, 0.05) is 9.50 Å². The van der Waals surface area contributed by atoms with Crippen molar-refractivity contribution in [2.75, 3.05) is 0 Å². The van der Waals surface area contributed by atoms with Gasteiger partial charge in [-0.05, 0) is 51.5 Å². The van der Waals surface area contributed by atoms with E-state index in [9.17, 15) is 0 Å². The van der Waals surface area contributed by atoms with E-state index < -0.39 is 13.1 Å². The van der Waals surface area contributed by atoms with Crippen LogP contribution in [0.25, 0.3) is 0 Å².